The first-order valence-corrected chi connectivity index (χ1v) is 10.6. The number of aliphatic hydroxyl groups is 1. The van der Waals surface area contributed by atoms with Crippen molar-refractivity contribution in [2.45, 2.75) is 16.5 Å². The number of rotatable bonds is 9. The SMILES string of the molecule is COC(=O)[C@H]1[C@@](SCCO)(C(=O)OC)[C@H]2C=C[C@]1(CNC(=O)c1ccc(OC)cc1)O2. The van der Waals surface area contributed by atoms with E-state index in [1.165, 1.54) is 21.3 Å². The Hall–Kier alpha value is -2.56. The van der Waals surface area contributed by atoms with Crippen molar-refractivity contribution in [2.24, 2.45) is 5.92 Å². The molecule has 9 nitrogen and oxygen atoms in total. The van der Waals surface area contributed by atoms with Crippen molar-refractivity contribution in [3.05, 3.63) is 42.0 Å². The van der Waals surface area contributed by atoms with E-state index in [1.807, 2.05) is 0 Å². The normalized spacial score (nSPS) is 28.3. The fraction of sp³-hybridized carbons (Fsp3) is 0.476. The summed E-state index contributed by atoms with van der Waals surface area (Å²) >= 11 is 1.08. The first-order valence-electron chi connectivity index (χ1n) is 9.59. The summed E-state index contributed by atoms with van der Waals surface area (Å²) in [6, 6.07) is 6.55. The van der Waals surface area contributed by atoms with Crippen molar-refractivity contribution in [1.29, 1.82) is 0 Å². The first kappa shape index (κ1) is 23.1. The van der Waals surface area contributed by atoms with E-state index in [-0.39, 0.29) is 24.8 Å². The summed E-state index contributed by atoms with van der Waals surface area (Å²) in [7, 11) is 3.98. The Kier molecular flexibility index (Phi) is 6.93. The molecule has 0 unspecified atom stereocenters. The second-order valence-corrected chi connectivity index (χ2v) is 8.45. The summed E-state index contributed by atoms with van der Waals surface area (Å²) in [5.41, 5.74) is -0.895. The molecule has 2 bridgehead atoms. The van der Waals surface area contributed by atoms with Gasteiger partial charge >= 0.3 is 11.9 Å². The molecule has 10 heteroatoms. The van der Waals surface area contributed by atoms with Crippen LogP contribution in [-0.4, -0.2) is 79.6 Å². The fourth-order valence-corrected chi connectivity index (χ4v) is 5.46. The van der Waals surface area contributed by atoms with Crippen LogP contribution >= 0.6 is 11.8 Å². The van der Waals surface area contributed by atoms with Crippen LogP contribution in [0.4, 0.5) is 0 Å². The minimum absolute atomic E-state index is 0.0664. The van der Waals surface area contributed by atoms with Gasteiger partial charge in [-0.1, -0.05) is 12.2 Å². The molecule has 1 aromatic rings. The monoisotopic (exact) mass is 451 g/mol. The average molecular weight is 451 g/mol. The van der Waals surface area contributed by atoms with Crippen LogP contribution in [0.25, 0.3) is 0 Å². The topological polar surface area (TPSA) is 120 Å². The maximum Gasteiger partial charge on any atom is 0.326 e. The van der Waals surface area contributed by atoms with Crippen molar-refractivity contribution in [3.63, 3.8) is 0 Å². The number of carbonyl (C=O) groups excluding carboxylic acids is 3. The zero-order valence-electron chi connectivity index (χ0n) is 17.5. The number of carbonyl (C=O) groups is 3. The number of ether oxygens (including phenoxy) is 4. The van der Waals surface area contributed by atoms with Crippen molar-refractivity contribution in [1.82, 2.24) is 5.32 Å². The molecule has 1 saturated heterocycles. The summed E-state index contributed by atoms with van der Waals surface area (Å²) in [6.07, 6.45) is 2.58. The third-order valence-corrected chi connectivity index (χ3v) is 6.99. The summed E-state index contributed by atoms with van der Waals surface area (Å²) in [5, 5.41) is 12.1. The fourth-order valence-electron chi connectivity index (χ4n) is 4.08. The Morgan fingerprint density at radius 2 is 1.87 bits per heavy atom. The second kappa shape index (κ2) is 9.29. The quantitative estimate of drug-likeness (QED) is 0.410. The van der Waals surface area contributed by atoms with E-state index >= 15 is 0 Å². The Morgan fingerprint density at radius 1 is 1.16 bits per heavy atom. The largest absolute Gasteiger partial charge is 0.497 e. The van der Waals surface area contributed by atoms with Crippen molar-refractivity contribution >= 4 is 29.6 Å². The molecule has 0 aliphatic carbocycles. The molecule has 4 atom stereocenters. The zero-order chi connectivity index (χ0) is 22.6. The van der Waals surface area contributed by atoms with Gasteiger partial charge in [-0.3, -0.25) is 14.4 Å². The molecule has 0 aromatic heterocycles. The number of aliphatic hydroxyl groups excluding tert-OH is 1. The maximum atomic E-state index is 12.9. The van der Waals surface area contributed by atoms with Crippen molar-refractivity contribution in [3.8, 4) is 5.75 Å². The lowest BCUT2D eigenvalue weighted by Gasteiger charge is -2.38. The van der Waals surface area contributed by atoms with Crippen LogP contribution in [0.15, 0.2) is 36.4 Å². The third-order valence-electron chi connectivity index (χ3n) is 5.49. The first-order chi connectivity index (χ1) is 14.9. The minimum atomic E-state index is -1.44. The van der Waals surface area contributed by atoms with Gasteiger partial charge in [0.15, 0.2) is 4.75 Å². The number of esters is 2. The van der Waals surface area contributed by atoms with E-state index in [9.17, 15) is 19.5 Å². The number of hydrogen-bond acceptors (Lipinski definition) is 9. The summed E-state index contributed by atoms with van der Waals surface area (Å²) in [6.45, 7) is -0.266. The lowest BCUT2D eigenvalue weighted by molar-refractivity contribution is -0.156. The maximum absolute atomic E-state index is 12.9. The van der Waals surface area contributed by atoms with Crippen LogP contribution in [0.1, 0.15) is 10.4 Å². The van der Waals surface area contributed by atoms with E-state index < -0.39 is 34.3 Å². The molecule has 0 saturated carbocycles. The van der Waals surface area contributed by atoms with Gasteiger partial charge in [-0.15, -0.1) is 11.8 Å². The van der Waals surface area contributed by atoms with Gasteiger partial charge in [0.25, 0.3) is 5.91 Å². The van der Waals surface area contributed by atoms with Crippen molar-refractivity contribution in [2.75, 3.05) is 40.2 Å². The number of nitrogens with one attached hydrogen (secondary N) is 1. The molecule has 1 fully saturated rings. The van der Waals surface area contributed by atoms with Crippen LogP contribution in [0.5, 0.6) is 5.75 Å². The second-order valence-electron chi connectivity index (χ2n) is 7.08. The van der Waals surface area contributed by atoms with Gasteiger partial charge in [-0.2, -0.15) is 0 Å². The Balaban J connectivity index is 1.89. The van der Waals surface area contributed by atoms with Crippen LogP contribution in [0.3, 0.4) is 0 Å². The number of thioether (sulfide) groups is 1. The molecule has 2 N–H and O–H groups in total. The highest BCUT2D eigenvalue weighted by Crippen LogP contribution is 2.56. The summed E-state index contributed by atoms with van der Waals surface area (Å²) < 4.78 is 19.8. The highest BCUT2D eigenvalue weighted by atomic mass is 32.2. The predicted octanol–water partition coefficient (Wildman–Crippen LogP) is 0.559. The highest BCUT2D eigenvalue weighted by molar-refractivity contribution is 8.01. The summed E-state index contributed by atoms with van der Waals surface area (Å²) in [4.78, 5) is 38.4. The molecule has 31 heavy (non-hydrogen) atoms. The van der Waals surface area contributed by atoms with Gasteiger partial charge in [0.2, 0.25) is 0 Å². The molecule has 0 radical (unpaired) electrons. The van der Waals surface area contributed by atoms with E-state index in [1.54, 1.807) is 36.4 Å². The van der Waals surface area contributed by atoms with E-state index in [0.29, 0.717) is 11.3 Å². The lowest BCUT2D eigenvalue weighted by atomic mass is 9.74. The van der Waals surface area contributed by atoms with Crippen LogP contribution in [0, 0.1) is 5.92 Å². The van der Waals surface area contributed by atoms with Crippen LogP contribution < -0.4 is 10.1 Å². The standard InChI is InChI=1S/C21H25NO8S/c1-27-14-6-4-13(5-7-14)17(24)22-12-20-9-8-15(30-20)21(19(26)29-3,31-11-10-23)16(20)18(25)28-2/h4-9,15-16,23H,10-12H2,1-3H3,(H,22,24)/t15-,16-,20-,21-/m1/s1. The smallest absolute Gasteiger partial charge is 0.326 e. The number of hydrogen-bond donors (Lipinski definition) is 2. The minimum Gasteiger partial charge on any atom is -0.497 e. The van der Waals surface area contributed by atoms with Gasteiger partial charge in [0, 0.05) is 11.3 Å². The van der Waals surface area contributed by atoms with Gasteiger partial charge in [0.1, 0.15) is 23.4 Å². The summed E-state index contributed by atoms with van der Waals surface area (Å²) in [5.74, 6) is -1.98. The number of fused-ring (bicyclic) bond motifs is 2. The van der Waals surface area contributed by atoms with Gasteiger partial charge in [0.05, 0.1) is 34.5 Å². The average Bonchev–Trinajstić information content (AvgIpc) is 3.36. The highest BCUT2D eigenvalue weighted by Gasteiger charge is 2.72. The molecule has 1 aromatic carbocycles. The third kappa shape index (κ3) is 3.90. The van der Waals surface area contributed by atoms with Crippen molar-refractivity contribution < 1.29 is 38.4 Å². The molecule has 2 aliphatic rings. The Bertz CT molecular complexity index is 873. The van der Waals surface area contributed by atoms with Gasteiger partial charge < -0.3 is 29.4 Å². The Labute approximate surface area is 184 Å². The molecule has 0 spiro atoms. The number of benzene rings is 1. The molecule has 2 aliphatic heterocycles. The predicted molar refractivity (Wildman–Crippen MR) is 112 cm³/mol. The van der Waals surface area contributed by atoms with Gasteiger partial charge in [-0.05, 0) is 24.3 Å². The lowest BCUT2D eigenvalue weighted by Crippen LogP contribution is -2.58. The van der Waals surface area contributed by atoms with E-state index in [2.05, 4.69) is 5.32 Å². The van der Waals surface area contributed by atoms with E-state index in [0.717, 1.165) is 11.8 Å². The molecular weight excluding hydrogens is 426 g/mol. The Morgan fingerprint density at radius 3 is 2.45 bits per heavy atom. The molecule has 2 heterocycles. The molecule has 3 rings (SSSR count). The zero-order valence-corrected chi connectivity index (χ0v) is 18.3. The number of amides is 1. The van der Waals surface area contributed by atoms with Gasteiger partial charge in [-0.25, -0.2) is 0 Å². The van der Waals surface area contributed by atoms with Crippen LogP contribution in [-0.2, 0) is 23.8 Å². The van der Waals surface area contributed by atoms with Crippen LogP contribution in [0.2, 0.25) is 0 Å². The molecule has 168 valence electrons. The molecular formula is C21H25NO8S. The van der Waals surface area contributed by atoms with E-state index in [4.69, 9.17) is 18.9 Å². The number of methoxy groups -OCH3 is 3. The molecule has 1 amide bonds.